The van der Waals surface area contributed by atoms with Crippen molar-refractivity contribution in [3.8, 4) is 5.75 Å². The van der Waals surface area contributed by atoms with Gasteiger partial charge in [0.15, 0.2) is 0 Å². The van der Waals surface area contributed by atoms with Crippen molar-refractivity contribution in [2.75, 3.05) is 13.2 Å². The molecule has 112 valence electrons. The molecule has 2 atom stereocenters. The Morgan fingerprint density at radius 2 is 2.10 bits per heavy atom. The summed E-state index contributed by atoms with van der Waals surface area (Å²) in [5, 5.41) is 0. The fraction of sp³-hybridized carbons (Fsp3) is 0.667. The monoisotopic (exact) mass is 275 g/mol. The lowest BCUT2D eigenvalue weighted by atomic mass is 9.67. The van der Waals surface area contributed by atoms with Gasteiger partial charge >= 0.3 is 0 Å². The second kappa shape index (κ2) is 7.68. The highest BCUT2D eigenvalue weighted by molar-refractivity contribution is 5.20. The van der Waals surface area contributed by atoms with Crippen LogP contribution >= 0.6 is 0 Å². The Balaban J connectivity index is 1.76. The zero-order valence-corrected chi connectivity index (χ0v) is 12.8. The molecule has 1 aliphatic carbocycles. The SMILES string of the molecule is CCC1CCCC(CN)(CCCOc2ccccc2)C1. The first-order valence-electron chi connectivity index (χ1n) is 8.16. The molecule has 1 aliphatic rings. The van der Waals surface area contributed by atoms with Gasteiger partial charge in [-0.05, 0) is 55.7 Å². The van der Waals surface area contributed by atoms with E-state index in [-0.39, 0.29) is 0 Å². The van der Waals surface area contributed by atoms with Crippen molar-refractivity contribution >= 4 is 0 Å². The Hall–Kier alpha value is -1.02. The highest BCUT2D eigenvalue weighted by atomic mass is 16.5. The van der Waals surface area contributed by atoms with Crippen molar-refractivity contribution in [1.82, 2.24) is 0 Å². The van der Waals surface area contributed by atoms with E-state index in [1.54, 1.807) is 0 Å². The van der Waals surface area contributed by atoms with Gasteiger partial charge < -0.3 is 10.5 Å². The van der Waals surface area contributed by atoms with Crippen LogP contribution in [0, 0.1) is 11.3 Å². The summed E-state index contributed by atoms with van der Waals surface area (Å²) in [6.07, 6.45) is 9.03. The topological polar surface area (TPSA) is 35.2 Å². The first-order valence-corrected chi connectivity index (χ1v) is 8.16. The number of hydrogen-bond donors (Lipinski definition) is 1. The van der Waals surface area contributed by atoms with Crippen LogP contribution in [0.3, 0.4) is 0 Å². The number of para-hydroxylation sites is 1. The summed E-state index contributed by atoms with van der Waals surface area (Å²) in [6, 6.07) is 10.1. The van der Waals surface area contributed by atoms with E-state index in [1.165, 1.54) is 38.5 Å². The molecule has 2 nitrogen and oxygen atoms in total. The van der Waals surface area contributed by atoms with E-state index in [2.05, 4.69) is 6.92 Å². The minimum absolute atomic E-state index is 0.388. The lowest BCUT2D eigenvalue weighted by Gasteiger charge is -2.40. The summed E-state index contributed by atoms with van der Waals surface area (Å²) in [5.74, 6) is 1.87. The lowest BCUT2D eigenvalue weighted by Crippen LogP contribution is -2.36. The number of ether oxygens (including phenoxy) is 1. The molecule has 1 aromatic rings. The largest absolute Gasteiger partial charge is 0.494 e. The highest BCUT2D eigenvalue weighted by Crippen LogP contribution is 2.43. The second-order valence-electron chi connectivity index (χ2n) is 6.34. The van der Waals surface area contributed by atoms with Crippen molar-refractivity contribution in [3.63, 3.8) is 0 Å². The molecule has 2 heteroatoms. The van der Waals surface area contributed by atoms with Crippen LogP contribution in [0.2, 0.25) is 0 Å². The van der Waals surface area contributed by atoms with Gasteiger partial charge in [-0.2, -0.15) is 0 Å². The van der Waals surface area contributed by atoms with Gasteiger partial charge in [0.2, 0.25) is 0 Å². The van der Waals surface area contributed by atoms with Crippen LogP contribution < -0.4 is 10.5 Å². The van der Waals surface area contributed by atoms with E-state index in [4.69, 9.17) is 10.5 Å². The summed E-state index contributed by atoms with van der Waals surface area (Å²) in [5.41, 5.74) is 6.50. The van der Waals surface area contributed by atoms with E-state index in [0.717, 1.165) is 31.2 Å². The number of hydrogen-bond acceptors (Lipinski definition) is 2. The molecular weight excluding hydrogens is 246 g/mol. The third-order valence-corrected chi connectivity index (χ3v) is 4.91. The predicted octanol–water partition coefficient (Wildman–Crippen LogP) is 4.39. The van der Waals surface area contributed by atoms with Gasteiger partial charge in [-0.1, -0.05) is 44.4 Å². The van der Waals surface area contributed by atoms with Gasteiger partial charge in [-0.15, -0.1) is 0 Å². The van der Waals surface area contributed by atoms with E-state index >= 15 is 0 Å². The Morgan fingerprint density at radius 3 is 2.80 bits per heavy atom. The maximum absolute atomic E-state index is 6.11. The van der Waals surface area contributed by atoms with Crippen LogP contribution in [-0.4, -0.2) is 13.2 Å². The second-order valence-corrected chi connectivity index (χ2v) is 6.34. The molecule has 0 aromatic heterocycles. The molecule has 0 bridgehead atoms. The van der Waals surface area contributed by atoms with Crippen LogP contribution in [0.15, 0.2) is 30.3 Å². The molecule has 2 unspecified atom stereocenters. The van der Waals surface area contributed by atoms with Crippen LogP contribution in [0.25, 0.3) is 0 Å². The first kappa shape index (κ1) is 15.4. The Bertz CT molecular complexity index is 378. The van der Waals surface area contributed by atoms with Crippen molar-refractivity contribution in [2.45, 2.75) is 51.9 Å². The van der Waals surface area contributed by atoms with E-state index in [1.807, 2.05) is 30.3 Å². The molecule has 0 amide bonds. The summed E-state index contributed by atoms with van der Waals surface area (Å²) < 4.78 is 5.80. The van der Waals surface area contributed by atoms with Crippen LogP contribution in [0.4, 0.5) is 0 Å². The summed E-state index contributed by atoms with van der Waals surface area (Å²) in [4.78, 5) is 0. The molecular formula is C18H29NO. The summed E-state index contributed by atoms with van der Waals surface area (Å²) in [7, 11) is 0. The molecule has 0 spiro atoms. The first-order chi connectivity index (χ1) is 9.78. The molecule has 0 saturated heterocycles. The van der Waals surface area contributed by atoms with Crippen molar-refractivity contribution in [2.24, 2.45) is 17.1 Å². The van der Waals surface area contributed by atoms with Gasteiger partial charge in [-0.25, -0.2) is 0 Å². The Kier molecular flexibility index (Phi) is 5.90. The number of rotatable bonds is 7. The predicted molar refractivity (Wildman–Crippen MR) is 84.9 cm³/mol. The molecule has 1 fully saturated rings. The van der Waals surface area contributed by atoms with Crippen molar-refractivity contribution in [1.29, 1.82) is 0 Å². The van der Waals surface area contributed by atoms with Crippen molar-refractivity contribution in [3.05, 3.63) is 30.3 Å². The minimum atomic E-state index is 0.388. The van der Waals surface area contributed by atoms with Gasteiger partial charge in [0.05, 0.1) is 6.61 Å². The molecule has 20 heavy (non-hydrogen) atoms. The minimum Gasteiger partial charge on any atom is -0.494 e. The third-order valence-electron chi connectivity index (χ3n) is 4.91. The average molecular weight is 275 g/mol. The van der Waals surface area contributed by atoms with Crippen molar-refractivity contribution < 1.29 is 4.74 Å². The molecule has 0 radical (unpaired) electrons. The standard InChI is InChI=1S/C18H29NO/c1-2-16-8-6-11-18(14-16,15-19)12-7-13-20-17-9-4-3-5-10-17/h3-5,9-10,16H,2,6-8,11-15,19H2,1H3. The molecule has 2 N–H and O–H groups in total. The van der Waals surface area contributed by atoms with Gasteiger partial charge in [-0.3, -0.25) is 0 Å². The van der Waals surface area contributed by atoms with E-state index < -0.39 is 0 Å². The van der Waals surface area contributed by atoms with Gasteiger partial charge in [0.1, 0.15) is 5.75 Å². The summed E-state index contributed by atoms with van der Waals surface area (Å²) >= 11 is 0. The fourth-order valence-electron chi connectivity index (χ4n) is 3.60. The Morgan fingerprint density at radius 1 is 1.30 bits per heavy atom. The highest BCUT2D eigenvalue weighted by Gasteiger charge is 2.33. The smallest absolute Gasteiger partial charge is 0.119 e. The molecule has 2 rings (SSSR count). The van der Waals surface area contributed by atoms with E-state index in [0.29, 0.717) is 5.41 Å². The van der Waals surface area contributed by atoms with Crippen LogP contribution in [0.5, 0.6) is 5.75 Å². The molecule has 0 aliphatic heterocycles. The molecule has 1 aromatic carbocycles. The lowest BCUT2D eigenvalue weighted by molar-refractivity contribution is 0.120. The quantitative estimate of drug-likeness (QED) is 0.749. The summed E-state index contributed by atoms with van der Waals surface area (Å²) in [6.45, 7) is 3.97. The Labute approximate surface area is 123 Å². The zero-order chi connectivity index (χ0) is 14.3. The maximum atomic E-state index is 6.11. The third kappa shape index (κ3) is 4.24. The fourth-order valence-corrected chi connectivity index (χ4v) is 3.60. The average Bonchev–Trinajstić information content (AvgIpc) is 2.53. The number of nitrogens with two attached hydrogens (primary N) is 1. The maximum Gasteiger partial charge on any atom is 0.119 e. The van der Waals surface area contributed by atoms with Gasteiger partial charge in [0, 0.05) is 0 Å². The molecule has 0 heterocycles. The molecule has 1 saturated carbocycles. The van der Waals surface area contributed by atoms with E-state index in [9.17, 15) is 0 Å². The van der Waals surface area contributed by atoms with Crippen LogP contribution in [-0.2, 0) is 0 Å². The number of benzene rings is 1. The van der Waals surface area contributed by atoms with Crippen LogP contribution in [0.1, 0.15) is 51.9 Å². The zero-order valence-electron chi connectivity index (χ0n) is 12.8. The van der Waals surface area contributed by atoms with Gasteiger partial charge in [0.25, 0.3) is 0 Å². The normalized spacial score (nSPS) is 26.4.